The van der Waals surface area contributed by atoms with Crippen LogP contribution < -0.4 is 24.8 Å². The van der Waals surface area contributed by atoms with Crippen LogP contribution in [0.15, 0.2) is 36.4 Å². The number of ether oxygens (including phenoxy) is 3. The first-order chi connectivity index (χ1) is 17.5. The highest BCUT2D eigenvalue weighted by molar-refractivity contribution is 6.28. The maximum Gasteiger partial charge on any atom is 0.261 e. The van der Waals surface area contributed by atoms with Crippen LogP contribution in [0.2, 0.25) is 0 Å². The summed E-state index contributed by atoms with van der Waals surface area (Å²) in [7, 11) is 4.61. The van der Waals surface area contributed by atoms with Gasteiger partial charge in [-0.1, -0.05) is 12.8 Å². The Morgan fingerprint density at radius 1 is 0.778 bits per heavy atom. The van der Waals surface area contributed by atoms with Gasteiger partial charge in [0, 0.05) is 45.4 Å². The average molecular weight is 488 g/mol. The number of amides is 2. The predicted octanol–water partition coefficient (Wildman–Crippen LogP) is 4.81. The number of hydrogen-bond acceptors (Lipinski definition) is 7. The van der Waals surface area contributed by atoms with Gasteiger partial charge in [-0.15, -0.1) is 0 Å². The predicted molar refractivity (Wildman–Crippen MR) is 138 cm³/mol. The van der Waals surface area contributed by atoms with Crippen LogP contribution in [0.5, 0.6) is 17.2 Å². The summed E-state index contributed by atoms with van der Waals surface area (Å²) < 4.78 is 16.3. The number of rotatable bonds is 5. The summed E-state index contributed by atoms with van der Waals surface area (Å²) in [5.74, 6) is 0.773. The third-order valence-electron chi connectivity index (χ3n) is 7.62. The van der Waals surface area contributed by atoms with E-state index < -0.39 is 0 Å². The van der Waals surface area contributed by atoms with E-state index in [-0.39, 0.29) is 18.4 Å². The van der Waals surface area contributed by atoms with Crippen LogP contribution in [0.3, 0.4) is 0 Å². The molecule has 186 valence electrons. The maximum atomic E-state index is 13.7. The van der Waals surface area contributed by atoms with Gasteiger partial charge < -0.3 is 24.8 Å². The number of imide groups is 1. The Hall–Kier alpha value is -3.94. The van der Waals surface area contributed by atoms with E-state index in [2.05, 4.69) is 10.6 Å². The molecule has 2 unspecified atom stereocenters. The summed E-state index contributed by atoms with van der Waals surface area (Å²) in [6, 6.07) is 11.8. The van der Waals surface area contributed by atoms with Gasteiger partial charge in [0.15, 0.2) is 11.5 Å². The molecule has 6 rings (SSSR count). The second-order valence-corrected chi connectivity index (χ2v) is 9.59. The lowest BCUT2D eigenvalue weighted by atomic mass is 9.90. The Morgan fingerprint density at radius 2 is 1.31 bits per heavy atom. The molecule has 2 heterocycles. The molecule has 2 N–H and O–H groups in total. The first-order valence-corrected chi connectivity index (χ1v) is 12.3. The zero-order valence-electron chi connectivity index (χ0n) is 20.6. The fourth-order valence-corrected chi connectivity index (χ4v) is 5.90. The van der Waals surface area contributed by atoms with Crippen molar-refractivity contribution >= 4 is 34.0 Å². The van der Waals surface area contributed by atoms with E-state index in [0.29, 0.717) is 46.0 Å². The lowest BCUT2D eigenvalue weighted by Gasteiger charge is -2.32. The van der Waals surface area contributed by atoms with Crippen LogP contribution in [0.25, 0.3) is 10.8 Å². The van der Waals surface area contributed by atoms with E-state index in [0.717, 1.165) is 35.0 Å². The quantitative estimate of drug-likeness (QED) is 0.499. The number of methoxy groups -OCH3 is 3. The van der Waals surface area contributed by atoms with E-state index in [4.69, 9.17) is 14.2 Å². The molecular weight excluding hydrogens is 458 g/mol. The van der Waals surface area contributed by atoms with Crippen LogP contribution in [0.1, 0.15) is 52.0 Å². The highest BCUT2D eigenvalue weighted by Crippen LogP contribution is 2.43. The van der Waals surface area contributed by atoms with Crippen LogP contribution in [-0.4, -0.2) is 50.1 Å². The Kier molecular flexibility index (Phi) is 5.39. The summed E-state index contributed by atoms with van der Waals surface area (Å²) >= 11 is 0. The smallest absolute Gasteiger partial charge is 0.261 e. The highest BCUT2D eigenvalue weighted by Gasteiger charge is 2.36. The molecule has 3 aromatic carbocycles. The van der Waals surface area contributed by atoms with Crippen LogP contribution in [0.4, 0.5) is 11.4 Å². The first kappa shape index (κ1) is 22.5. The van der Waals surface area contributed by atoms with Gasteiger partial charge in [0.1, 0.15) is 0 Å². The number of anilines is 2. The fraction of sp³-hybridized carbons (Fsp3) is 0.357. The lowest BCUT2D eigenvalue weighted by Crippen LogP contribution is -2.40. The molecule has 1 aliphatic carbocycles. The van der Waals surface area contributed by atoms with Crippen molar-refractivity contribution in [1.29, 1.82) is 0 Å². The van der Waals surface area contributed by atoms with E-state index in [9.17, 15) is 9.59 Å². The zero-order valence-corrected chi connectivity index (χ0v) is 20.6. The molecule has 3 aromatic rings. The summed E-state index contributed by atoms with van der Waals surface area (Å²) in [4.78, 5) is 28.7. The molecule has 8 nitrogen and oxygen atoms in total. The minimum Gasteiger partial charge on any atom is -0.493 e. The van der Waals surface area contributed by atoms with Crippen LogP contribution >= 0.6 is 0 Å². The Bertz CT molecular complexity index is 1310. The molecule has 8 heteroatoms. The molecule has 0 aromatic heterocycles. The largest absolute Gasteiger partial charge is 0.493 e. The van der Waals surface area contributed by atoms with Gasteiger partial charge in [0.2, 0.25) is 5.75 Å². The monoisotopic (exact) mass is 487 g/mol. The summed E-state index contributed by atoms with van der Waals surface area (Å²) in [5.41, 5.74) is 3.72. The van der Waals surface area contributed by atoms with Gasteiger partial charge in [0.05, 0.1) is 27.9 Å². The van der Waals surface area contributed by atoms with Crippen LogP contribution in [-0.2, 0) is 6.54 Å². The Labute approximate surface area is 209 Å². The summed E-state index contributed by atoms with van der Waals surface area (Å²) in [6.45, 7) is 0.0828. The number of hydrogen-bond donors (Lipinski definition) is 2. The van der Waals surface area contributed by atoms with E-state index in [1.165, 1.54) is 39.1 Å². The molecule has 2 atom stereocenters. The normalized spacial score (nSPS) is 20.2. The molecule has 0 saturated heterocycles. The molecule has 1 saturated carbocycles. The standard InChI is InChI=1S/C28H29N3O5/c1-34-22-12-15(13-23(35-2)26(22)36-3)14-31-27(32)16-8-10-20-25-21(11-9-17(24(16)25)28(31)33)30-19-7-5-4-6-18(19)29-20/h8-13,18-19,29-30H,4-7,14H2,1-3H3. The van der Waals surface area contributed by atoms with Crippen molar-refractivity contribution in [3.05, 3.63) is 53.1 Å². The maximum absolute atomic E-state index is 13.7. The van der Waals surface area contributed by atoms with Gasteiger partial charge >= 0.3 is 0 Å². The van der Waals surface area contributed by atoms with E-state index in [1.54, 1.807) is 12.1 Å². The van der Waals surface area contributed by atoms with Crippen molar-refractivity contribution in [2.45, 2.75) is 44.3 Å². The molecule has 2 aliphatic heterocycles. The number of carbonyl (C=O) groups is 2. The third kappa shape index (κ3) is 3.35. The molecule has 0 bridgehead atoms. The third-order valence-corrected chi connectivity index (χ3v) is 7.62. The molecule has 1 fully saturated rings. The number of fused-ring (bicyclic) bond motifs is 1. The highest BCUT2D eigenvalue weighted by atomic mass is 16.5. The first-order valence-electron chi connectivity index (χ1n) is 12.3. The summed E-state index contributed by atoms with van der Waals surface area (Å²) in [5, 5.41) is 9.06. The molecule has 0 radical (unpaired) electrons. The number of nitrogens with one attached hydrogen (secondary N) is 2. The van der Waals surface area contributed by atoms with Crippen molar-refractivity contribution in [2.75, 3.05) is 32.0 Å². The van der Waals surface area contributed by atoms with E-state index >= 15 is 0 Å². The lowest BCUT2D eigenvalue weighted by molar-refractivity contribution is 0.0598. The molecule has 2 amide bonds. The Morgan fingerprint density at radius 3 is 1.78 bits per heavy atom. The Balaban J connectivity index is 1.42. The zero-order chi connectivity index (χ0) is 25.0. The molecule has 0 spiro atoms. The van der Waals surface area contributed by atoms with E-state index in [1.807, 2.05) is 24.3 Å². The van der Waals surface area contributed by atoms with Gasteiger partial charge in [-0.3, -0.25) is 14.5 Å². The van der Waals surface area contributed by atoms with Crippen molar-refractivity contribution in [3.8, 4) is 17.2 Å². The number of benzene rings is 3. The second kappa shape index (κ2) is 8.62. The van der Waals surface area contributed by atoms with Gasteiger partial charge in [-0.2, -0.15) is 0 Å². The number of nitrogens with zero attached hydrogens (tertiary/aromatic N) is 1. The van der Waals surface area contributed by atoms with Gasteiger partial charge in [-0.05, 0) is 54.8 Å². The average Bonchev–Trinajstić information content (AvgIpc) is 3.07. The van der Waals surface area contributed by atoms with Crippen molar-refractivity contribution in [2.24, 2.45) is 0 Å². The summed E-state index contributed by atoms with van der Waals surface area (Å²) in [6.07, 6.45) is 4.60. The SMILES string of the molecule is COc1cc(CN2C(=O)c3ccc4c5c(ccc(c35)C2=O)NC2CCCCC2N4)cc(OC)c1OC. The van der Waals surface area contributed by atoms with Gasteiger partial charge in [-0.25, -0.2) is 0 Å². The van der Waals surface area contributed by atoms with Crippen LogP contribution in [0, 0.1) is 0 Å². The fourth-order valence-electron chi connectivity index (χ4n) is 5.90. The minimum absolute atomic E-state index is 0.0828. The number of carbonyl (C=O) groups excluding carboxylic acids is 2. The van der Waals surface area contributed by atoms with Gasteiger partial charge in [0.25, 0.3) is 11.8 Å². The topological polar surface area (TPSA) is 89.1 Å². The van der Waals surface area contributed by atoms with Crippen molar-refractivity contribution < 1.29 is 23.8 Å². The second-order valence-electron chi connectivity index (χ2n) is 9.59. The van der Waals surface area contributed by atoms with Crippen molar-refractivity contribution in [3.63, 3.8) is 0 Å². The molecule has 3 aliphatic rings. The molecular formula is C28H29N3O5. The molecule has 36 heavy (non-hydrogen) atoms. The van der Waals surface area contributed by atoms with Crippen molar-refractivity contribution in [1.82, 2.24) is 4.90 Å². The minimum atomic E-state index is -0.313.